The number of rotatable bonds is 4. The van der Waals surface area contributed by atoms with Crippen LogP contribution >= 0.6 is 45.2 Å². The lowest BCUT2D eigenvalue weighted by Gasteiger charge is -2.25. The van der Waals surface area contributed by atoms with E-state index < -0.39 is 70.2 Å². The highest BCUT2D eigenvalue weighted by atomic mass is 127. The number of halogens is 10. The van der Waals surface area contributed by atoms with Crippen molar-refractivity contribution in [3.8, 4) is 44.5 Å². The van der Waals surface area contributed by atoms with E-state index in [1.165, 1.54) is 45.2 Å². The Morgan fingerprint density at radius 3 is 0.836 bits per heavy atom. The SMILES string of the molecule is CC1(C)c2cc(-c3c4ccccc4c(-c4c(F)c(F)c(I)c(F)c4F)c4ccccc34)cc3ccc4cc(-c5c6ccccc6c(-c6c(F)c(F)c(I)c(F)c6F)c6ccccc56)cc1c4c23. The zero-order valence-corrected chi connectivity index (χ0v) is 39.3. The van der Waals surface area contributed by atoms with Gasteiger partial charge in [0, 0.05) is 16.5 Å². The van der Waals surface area contributed by atoms with E-state index in [1.54, 1.807) is 48.5 Å². The molecule has 67 heavy (non-hydrogen) atoms. The molecule has 11 aromatic rings. The molecular weight excluding hydrogens is 1090 g/mol. The number of hydrogen-bond donors (Lipinski definition) is 0. The maximum absolute atomic E-state index is 15.9. The molecule has 10 heteroatoms. The van der Waals surface area contributed by atoms with Crippen LogP contribution in [0, 0.1) is 53.7 Å². The predicted molar refractivity (Wildman–Crippen MR) is 270 cm³/mol. The fourth-order valence-electron chi connectivity index (χ4n) is 10.8. The molecular formula is C57H28F8I2. The van der Waals surface area contributed by atoms with Crippen LogP contribution in [0.4, 0.5) is 35.1 Å². The molecule has 0 spiro atoms. The van der Waals surface area contributed by atoms with Crippen LogP contribution in [0.25, 0.3) is 109 Å². The molecule has 0 aliphatic heterocycles. The highest BCUT2D eigenvalue weighted by molar-refractivity contribution is 14.1. The maximum atomic E-state index is 15.9. The summed E-state index contributed by atoms with van der Waals surface area (Å²) < 4.78 is 123. The fraction of sp³-hybridized carbons (Fsp3) is 0.0526. The van der Waals surface area contributed by atoms with Crippen LogP contribution in [0.5, 0.6) is 0 Å². The molecule has 1 aliphatic carbocycles. The lowest BCUT2D eigenvalue weighted by Crippen LogP contribution is -2.15. The summed E-state index contributed by atoms with van der Waals surface area (Å²) in [5, 5.41) is 8.24. The number of fused-ring (bicyclic) bond motifs is 4. The average Bonchev–Trinajstić information content (AvgIpc) is 3.58. The summed E-state index contributed by atoms with van der Waals surface area (Å²) in [6.45, 7) is 4.30. The molecule has 0 N–H and O–H groups in total. The monoisotopic (exact) mass is 1120 g/mol. The normalized spacial score (nSPS) is 13.2. The van der Waals surface area contributed by atoms with Crippen LogP contribution in [0.1, 0.15) is 25.0 Å². The van der Waals surface area contributed by atoms with Gasteiger partial charge in [0.05, 0.1) is 18.3 Å². The van der Waals surface area contributed by atoms with E-state index in [0.29, 0.717) is 43.1 Å². The van der Waals surface area contributed by atoms with Crippen molar-refractivity contribution < 1.29 is 35.1 Å². The molecule has 0 unspecified atom stereocenters. The van der Waals surface area contributed by atoms with Gasteiger partial charge in [-0.05, 0) is 167 Å². The molecule has 0 saturated carbocycles. The topological polar surface area (TPSA) is 0 Å². The van der Waals surface area contributed by atoms with Gasteiger partial charge >= 0.3 is 0 Å². The summed E-state index contributed by atoms with van der Waals surface area (Å²) in [4.78, 5) is 0. The molecule has 1 aliphatic rings. The first kappa shape index (κ1) is 42.2. The van der Waals surface area contributed by atoms with E-state index in [4.69, 9.17) is 0 Å². The molecule has 0 fully saturated rings. The Labute approximate surface area is 404 Å². The molecule has 0 heterocycles. The highest BCUT2D eigenvalue weighted by Crippen LogP contribution is 2.55. The van der Waals surface area contributed by atoms with Gasteiger partial charge in [-0.2, -0.15) is 0 Å². The quantitative estimate of drug-likeness (QED) is 0.0411. The van der Waals surface area contributed by atoms with Gasteiger partial charge in [-0.15, -0.1) is 0 Å². The van der Waals surface area contributed by atoms with Gasteiger partial charge < -0.3 is 0 Å². The third-order valence-electron chi connectivity index (χ3n) is 13.7. The fourth-order valence-corrected chi connectivity index (χ4v) is 11.8. The first-order chi connectivity index (χ1) is 32.2. The highest BCUT2D eigenvalue weighted by Gasteiger charge is 2.37. The van der Waals surface area contributed by atoms with Crippen LogP contribution in [-0.4, -0.2) is 0 Å². The van der Waals surface area contributed by atoms with Crippen LogP contribution < -0.4 is 0 Å². The predicted octanol–water partition coefficient (Wildman–Crippen LogP) is 18.2. The summed E-state index contributed by atoms with van der Waals surface area (Å²) in [7, 11) is 0. The lowest BCUT2D eigenvalue weighted by molar-refractivity contribution is 0.450. The minimum atomic E-state index is -1.47. The van der Waals surface area contributed by atoms with Gasteiger partial charge in [0.2, 0.25) is 0 Å². The Kier molecular flexibility index (Phi) is 9.42. The van der Waals surface area contributed by atoms with Gasteiger partial charge in [0.25, 0.3) is 0 Å². The van der Waals surface area contributed by atoms with E-state index in [9.17, 15) is 0 Å². The van der Waals surface area contributed by atoms with Crippen molar-refractivity contribution in [2.75, 3.05) is 0 Å². The molecule has 12 rings (SSSR count). The Hall–Kier alpha value is -6.12. The van der Waals surface area contributed by atoms with Crippen LogP contribution in [0.2, 0.25) is 0 Å². The molecule has 0 aromatic heterocycles. The molecule has 0 nitrogen and oxygen atoms in total. The van der Waals surface area contributed by atoms with Gasteiger partial charge in [0.1, 0.15) is 0 Å². The Morgan fingerprint density at radius 2 is 0.567 bits per heavy atom. The lowest BCUT2D eigenvalue weighted by atomic mass is 9.78. The minimum Gasteiger partial charge on any atom is -0.203 e. The third-order valence-corrected chi connectivity index (χ3v) is 15.6. The van der Waals surface area contributed by atoms with E-state index in [2.05, 4.69) is 50.2 Å². The van der Waals surface area contributed by atoms with Crippen LogP contribution in [0.3, 0.4) is 0 Å². The zero-order valence-electron chi connectivity index (χ0n) is 35.0. The second-order valence-electron chi connectivity index (χ2n) is 17.5. The minimum absolute atomic E-state index is 0.0488. The van der Waals surface area contributed by atoms with Crippen LogP contribution in [0.15, 0.2) is 133 Å². The molecule has 0 radical (unpaired) electrons. The maximum Gasteiger partial charge on any atom is 0.175 e. The van der Waals surface area contributed by atoms with E-state index in [-0.39, 0.29) is 11.1 Å². The summed E-state index contributed by atoms with van der Waals surface area (Å²) in [5.41, 5.74) is 3.26. The summed E-state index contributed by atoms with van der Waals surface area (Å²) in [5.74, 6) is -11.7. The van der Waals surface area contributed by atoms with E-state index in [1.807, 2.05) is 48.5 Å². The second-order valence-corrected chi connectivity index (χ2v) is 19.7. The van der Waals surface area contributed by atoms with Crippen molar-refractivity contribution in [1.29, 1.82) is 0 Å². The summed E-state index contributed by atoms with van der Waals surface area (Å²) in [6.07, 6.45) is 0. The molecule has 0 bridgehead atoms. The largest absolute Gasteiger partial charge is 0.203 e. The van der Waals surface area contributed by atoms with Gasteiger partial charge in [-0.3, -0.25) is 0 Å². The smallest absolute Gasteiger partial charge is 0.175 e. The number of hydrogen-bond acceptors (Lipinski definition) is 0. The van der Waals surface area contributed by atoms with Crippen molar-refractivity contribution in [3.05, 3.63) is 198 Å². The van der Waals surface area contributed by atoms with Crippen molar-refractivity contribution in [3.63, 3.8) is 0 Å². The third kappa shape index (κ3) is 5.74. The van der Waals surface area contributed by atoms with E-state index in [0.717, 1.165) is 54.9 Å². The van der Waals surface area contributed by atoms with Crippen molar-refractivity contribution in [2.24, 2.45) is 0 Å². The Balaban J connectivity index is 1.10. The van der Waals surface area contributed by atoms with Crippen molar-refractivity contribution in [1.82, 2.24) is 0 Å². The summed E-state index contributed by atoms with van der Waals surface area (Å²) >= 11 is 2.54. The molecule has 0 atom stereocenters. The first-order valence-corrected chi connectivity index (χ1v) is 23.3. The van der Waals surface area contributed by atoms with Crippen molar-refractivity contribution in [2.45, 2.75) is 19.3 Å². The average molecular weight is 1120 g/mol. The Bertz CT molecular complexity index is 3650. The number of benzene rings is 11. The zero-order chi connectivity index (χ0) is 46.5. The Morgan fingerprint density at radius 1 is 0.313 bits per heavy atom. The van der Waals surface area contributed by atoms with Gasteiger partial charge in [-0.25, -0.2) is 35.1 Å². The molecule has 326 valence electrons. The van der Waals surface area contributed by atoms with Crippen molar-refractivity contribution >= 4 is 110 Å². The van der Waals surface area contributed by atoms with Gasteiger partial charge in [-0.1, -0.05) is 123 Å². The summed E-state index contributed by atoms with van der Waals surface area (Å²) in [6, 6.07) is 41.1. The van der Waals surface area contributed by atoms with Crippen LogP contribution in [-0.2, 0) is 5.41 Å². The first-order valence-electron chi connectivity index (χ1n) is 21.2. The van der Waals surface area contributed by atoms with E-state index >= 15 is 35.1 Å². The molecule has 11 aromatic carbocycles. The molecule has 0 amide bonds. The second kappa shape index (κ2) is 14.9. The standard InChI is InChI=1S/C57H28F8I2/c1-57(2)37-23-27(39-29-11-3-7-15-33(29)43(34-16-8-4-12-30(34)39)45-47(58)51(62)55(66)52(63)48(45)59)21-25-19-20-26-22-28(24-38(57)42(26)41(25)37)40-31-13-5-9-17-35(31)44(36-18-10-6-14-32(36)40)46-49(60)53(64)56(67)54(65)50(46)61/h3-24H,1-2H3. The van der Waals surface area contributed by atoms with Gasteiger partial charge in [0.15, 0.2) is 46.5 Å². The molecule has 0 saturated heterocycles.